The van der Waals surface area contributed by atoms with Crippen LogP contribution >= 0.6 is 0 Å². The van der Waals surface area contributed by atoms with Gasteiger partial charge in [0.15, 0.2) is 6.61 Å². The lowest BCUT2D eigenvalue weighted by atomic mass is 10.2. The number of carbonyl (C=O) groups is 2. The van der Waals surface area contributed by atoms with Crippen molar-refractivity contribution in [1.82, 2.24) is 4.72 Å². The highest BCUT2D eigenvalue weighted by Gasteiger charge is 2.29. The van der Waals surface area contributed by atoms with Crippen LogP contribution in [0, 0.1) is 0 Å². The quantitative estimate of drug-likeness (QED) is 0.771. The molecule has 1 heterocycles. The first-order chi connectivity index (χ1) is 10.7. The summed E-state index contributed by atoms with van der Waals surface area (Å²) in [4.78, 5) is 24.5. The average molecular weight is 342 g/mol. The summed E-state index contributed by atoms with van der Waals surface area (Å²) in [6.45, 7) is 2.89. The maximum absolute atomic E-state index is 12.2. The molecular formula is C14H18N2O6S. The van der Waals surface area contributed by atoms with Gasteiger partial charge in [-0.25, -0.2) is 13.1 Å². The number of amides is 1. The Hall–Kier alpha value is -2.13. The van der Waals surface area contributed by atoms with Gasteiger partial charge in [-0.15, -0.1) is 0 Å². The number of esters is 1. The van der Waals surface area contributed by atoms with Crippen LogP contribution in [-0.4, -0.2) is 46.6 Å². The molecule has 1 N–H and O–H groups in total. The molecule has 0 unspecified atom stereocenters. The van der Waals surface area contributed by atoms with Crippen molar-refractivity contribution in [3.63, 3.8) is 0 Å². The number of nitrogens with zero attached hydrogens (tertiary/aromatic N) is 1. The van der Waals surface area contributed by atoms with Gasteiger partial charge in [0.25, 0.3) is 5.91 Å². The second-order valence-corrected chi connectivity index (χ2v) is 6.96. The number of hydrogen-bond donors (Lipinski definition) is 1. The van der Waals surface area contributed by atoms with E-state index in [4.69, 9.17) is 4.74 Å². The topological polar surface area (TPSA) is 102 Å². The smallest absolute Gasteiger partial charge is 0.325 e. The van der Waals surface area contributed by atoms with E-state index in [2.05, 4.69) is 9.46 Å². The zero-order valence-corrected chi connectivity index (χ0v) is 13.8. The summed E-state index contributed by atoms with van der Waals surface area (Å²) < 4.78 is 36.7. The van der Waals surface area contributed by atoms with Crippen LogP contribution in [0.2, 0.25) is 0 Å². The van der Waals surface area contributed by atoms with Crippen molar-refractivity contribution in [1.29, 1.82) is 0 Å². The summed E-state index contributed by atoms with van der Waals surface area (Å²) in [6.07, 6.45) is 0. The number of nitrogens with one attached hydrogen (secondary N) is 1. The lowest BCUT2D eigenvalue weighted by Gasteiger charge is -2.28. The average Bonchev–Trinajstić information content (AvgIpc) is 2.48. The van der Waals surface area contributed by atoms with Gasteiger partial charge < -0.3 is 9.47 Å². The van der Waals surface area contributed by atoms with E-state index in [0.717, 1.165) is 0 Å². The van der Waals surface area contributed by atoms with Gasteiger partial charge in [0.2, 0.25) is 10.0 Å². The van der Waals surface area contributed by atoms with Gasteiger partial charge in [-0.2, -0.15) is 0 Å². The summed E-state index contributed by atoms with van der Waals surface area (Å²) in [7, 11) is -2.45. The molecule has 1 amide bonds. The molecule has 0 aliphatic carbocycles. The molecule has 1 aliphatic rings. The molecule has 0 fully saturated rings. The first kappa shape index (κ1) is 17.2. The van der Waals surface area contributed by atoms with Crippen molar-refractivity contribution < 1.29 is 27.5 Å². The van der Waals surface area contributed by atoms with Crippen LogP contribution in [0.1, 0.15) is 13.8 Å². The number of methoxy groups -OCH3 is 1. The number of sulfonamides is 1. The molecule has 0 saturated carbocycles. The van der Waals surface area contributed by atoms with Gasteiger partial charge in [0.05, 0.1) is 17.7 Å². The van der Waals surface area contributed by atoms with Crippen molar-refractivity contribution in [2.45, 2.75) is 24.8 Å². The molecule has 1 aromatic carbocycles. The summed E-state index contributed by atoms with van der Waals surface area (Å²) >= 11 is 0. The van der Waals surface area contributed by atoms with Crippen LogP contribution in [0.25, 0.3) is 0 Å². The van der Waals surface area contributed by atoms with Gasteiger partial charge in [0, 0.05) is 12.1 Å². The number of anilines is 1. The van der Waals surface area contributed by atoms with Crippen LogP contribution in [-0.2, 0) is 24.3 Å². The third-order valence-electron chi connectivity index (χ3n) is 3.09. The molecule has 126 valence electrons. The molecule has 0 bridgehead atoms. The van der Waals surface area contributed by atoms with Crippen molar-refractivity contribution >= 4 is 27.6 Å². The number of benzene rings is 1. The van der Waals surface area contributed by atoms with Crippen LogP contribution in [0.3, 0.4) is 0 Å². The lowest BCUT2D eigenvalue weighted by Crippen LogP contribution is -2.42. The van der Waals surface area contributed by atoms with Gasteiger partial charge in [-0.05, 0) is 26.0 Å². The minimum Gasteiger partial charge on any atom is -0.482 e. The van der Waals surface area contributed by atoms with E-state index < -0.39 is 21.9 Å². The highest BCUT2D eigenvalue weighted by atomic mass is 32.2. The van der Waals surface area contributed by atoms with Gasteiger partial charge in [-0.3, -0.25) is 14.5 Å². The Labute approximate surface area is 134 Å². The first-order valence-electron chi connectivity index (χ1n) is 6.91. The molecule has 0 atom stereocenters. The highest BCUT2D eigenvalue weighted by molar-refractivity contribution is 7.89. The Morgan fingerprint density at radius 3 is 2.74 bits per heavy atom. The van der Waals surface area contributed by atoms with E-state index in [9.17, 15) is 18.0 Å². The van der Waals surface area contributed by atoms with E-state index in [1.54, 1.807) is 13.8 Å². The third-order valence-corrected chi connectivity index (χ3v) is 4.75. The van der Waals surface area contributed by atoms with Crippen molar-refractivity contribution in [3.05, 3.63) is 18.2 Å². The molecule has 1 aliphatic heterocycles. The Morgan fingerprint density at radius 2 is 2.13 bits per heavy atom. The second kappa shape index (κ2) is 6.55. The maximum Gasteiger partial charge on any atom is 0.325 e. The fourth-order valence-electron chi connectivity index (χ4n) is 2.10. The minimum atomic E-state index is -3.68. The summed E-state index contributed by atoms with van der Waals surface area (Å²) in [5.74, 6) is -0.761. The first-order valence-corrected chi connectivity index (χ1v) is 8.39. The molecule has 1 aromatic rings. The van der Waals surface area contributed by atoms with E-state index in [-0.39, 0.29) is 29.8 Å². The predicted octanol–water partition coefficient (Wildman–Crippen LogP) is 0.272. The van der Waals surface area contributed by atoms with E-state index in [1.807, 2.05) is 0 Å². The molecule has 9 heteroatoms. The van der Waals surface area contributed by atoms with Crippen LogP contribution in [0.4, 0.5) is 5.69 Å². The summed E-state index contributed by atoms with van der Waals surface area (Å²) in [5.41, 5.74) is 0.329. The Balaban J connectivity index is 2.37. The molecular weight excluding hydrogens is 324 g/mol. The van der Waals surface area contributed by atoms with E-state index >= 15 is 0 Å². The SMILES string of the molecule is COC(=O)CN1C(=O)COc2cc(S(=O)(=O)NC(C)C)ccc21. The van der Waals surface area contributed by atoms with Gasteiger partial charge >= 0.3 is 5.97 Å². The predicted molar refractivity (Wildman–Crippen MR) is 81.8 cm³/mol. The Morgan fingerprint density at radius 1 is 1.43 bits per heavy atom. The molecule has 23 heavy (non-hydrogen) atoms. The largest absolute Gasteiger partial charge is 0.482 e. The number of fused-ring (bicyclic) bond motifs is 1. The number of rotatable bonds is 5. The Kier molecular flexibility index (Phi) is 4.90. The number of hydrogen-bond acceptors (Lipinski definition) is 6. The fourth-order valence-corrected chi connectivity index (χ4v) is 3.36. The normalized spacial score (nSPS) is 14.4. The highest BCUT2D eigenvalue weighted by Crippen LogP contribution is 2.34. The molecule has 0 saturated heterocycles. The van der Waals surface area contributed by atoms with Crippen molar-refractivity contribution in [2.75, 3.05) is 25.2 Å². The lowest BCUT2D eigenvalue weighted by molar-refractivity contribution is -0.140. The minimum absolute atomic E-state index is 0.0253. The zero-order valence-electron chi connectivity index (χ0n) is 13.0. The van der Waals surface area contributed by atoms with Crippen molar-refractivity contribution in [3.8, 4) is 5.75 Å². The molecule has 0 radical (unpaired) electrons. The fraction of sp³-hybridized carbons (Fsp3) is 0.429. The van der Waals surface area contributed by atoms with Crippen LogP contribution < -0.4 is 14.4 Å². The zero-order chi connectivity index (χ0) is 17.2. The standard InChI is InChI=1S/C14H18N2O6S/c1-9(2)15-23(19,20)10-4-5-11-12(6-10)22-8-13(17)16(11)7-14(18)21-3/h4-6,9,15H,7-8H2,1-3H3. The molecule has 0 aromatic heterocycles. The summed E-state index contributed by atoms with van der Waals surface area (Å²) in [5, 5.41) is 0. The van der Waals surface area contributed by atoms with E-state index in [0.29, 0.717) is 5.69 Å². The van der Waals surface area contributed by atoms with Gasteiger partial charge in [-0.1, -0.05) is 0 Å². The number of carbonyl (C=O) groups excluding carboxylic acids is 2. The van der Waals surface area contributed by atoms with Crippen molar-refractivity contribution in [2.24, 2.45) is 0 Å². The number of ether oxygens (including phenoxy) is 2. The summed E-state index contributed by atoms with van der Waals surface area (Å²) in [6, 6.07) is 3.87. The second-order valence-electron chi connectivity index (χ2n) is 5.25. The maximum atomic E-state index is 12.2. The third kappa shape index (κ3) is 3.80. The molecule has 8 nitrogen and oxygen atoms in total. The van der Waals surface area contributed by atoms with Gasteiger partial charge in [0.1, 0.15) is 12.3 Å². The Bertz CT molecular complexity index is 729. The van der Waals surface area contributed by atoms with Crippen LogP contribution in [0.15, 0.2) is 23.1 Å². The molecule has 0 spiro atoms. The van der Waals surface area contributed by atoms with Crippen LogP contribution in [0.5, 0.6) is 5.75 Å². The monoisotopic (exact) mass is 342 g/mol. The molecule has 2 rings (SSSR count). The van der Waals surface area contributed by atoms with E-state index in [1.165, 1.54) is 30.2 Å².